The highest BCUT2D eigenvalue weighted by Gasteiger charge is 2.25. The van der Waals surface area contributed by atoms with Crippen LogP contribution in [0.1, 0.15) is 22.6 Å². The van der Waals surface area contributed by atoms with Crippen LogP contribution in [0.15, 0.2) is 6.07 Å². The summed E-state index contributed by atoms with van der Waals surface area (Å²) < 4.78 is 5.43. The van der Waals surface area contributed by atoms with Crippen LogP contribution in [-0.2, 0) is 0 Å². The van der Waals surface area contributed by atoms with Crippen molar-refractivity contribution in [2.45, 2.75) is 19.8 Å². The van der Waals surface area contributed by atoms with Crippen molar-refractivity contribution in [3.63, 3.8) is 0 Å². The van der Waals surface area contributed by atoms with Crippen LogP contribution in [0.3, 0.4) is 0 Å². The van der Waals surface area contributed by atoms with Gasteiger partial charge in [-0.3, -0.25) is 0 Å². The molecular weight excluding hydrogens is 210 g/mol. The molecule has 1 heterocycles. The second-order valence-corrected chi connectivity index (χ2v) is 4.48. The molecule has 3 heteroatoms. The minimum Gasteiger partial charge on any atom is -0.496 e. The summed E-state index contributed by atoms with van der Waals surface area (Å²) in [5, 5.41) is 4.15. The Bertz CT molecular complexity index is 386. The van der Waals surface area contributed by atoms with Crippen LogP contribution in [0.25, 0.3) is 0 Å². The van der Waals surface area contributed by atoms with Gasteiger partial charge < -0.3 is 10.1 Å². The van der Waals surface area contributed by atoms with Crippen molar-refractivity contribution in [2.75, 3.05) is 20.2 Å². The van der Waals surface area contributed by atoms with E-state index in [1.54, 1.807) is 7.11 Å². The minimum absolute atomic E-state index is 0.554. The van der Waals surface area contributed by atoms with Crippen molar-refractivity contribution >= 4 is 11.6 Å². The molecule has 82 valence electrons. The lowest BCUT2D eigenvalue weighted by Crippen LogP contribution is -2.40. The quantitative estimate of drug-likeness (QED) is 0.836. The Morgan fingerprint density at radius 1 is 1.40 bits per heavy atom. The molecule has 0 aromatic heterocycles. The smallest absolute Gasteiger partial charge is 0.123 e. The molecule has 1 aromatic rings. The van der Waals surface area contributed by atoms with E-state index in [2.05, 4.69) is 12.2 Å². The first-order valence-corrected chi connectivity index (χ1v) is 5.57. The summed E-state index contributed by atoms with van der Waals surface area (Å²) in [5.74, 6) is 1.53. The first kappa shape index (κ1) is 10.8. The molecule has 0 spiro atoms. The van der Waals surface area contributed by atoms with E-state index >= 15 is 0 Å². The van der Waals surface area contributed by atoms with Gasteiger partial charge >= 0.3 is 0 Å². The van der Waals surface area contributed by atoms with Crippen LogP contribution in [0.4, 0.5) is 0 Å². The zero-order valence-corrected chi connectivity index (χ0v) is 10.1. The third kappa shape index (κ3) is 1.72. The summed E-state index contributed by atoms with van der Waals surface area (Å²) in [5.41, 5.74) is 3.52. The summed E-state index contributed by atoms with van der Waals surface area (Å²) in [6, 6.07) is 2.03. The SMILES string of the molecule is COc1cc(C)c(Cl)c(C)c1C1CNC1. The summed E-state index contributed by atoms with van der Waals surface area (Å²) in [6.07, 6.45) is 0. The average Bonchev–Trinajstić information content (AvgIpc) is 2.15. The van der Waals surface area contributed by atoms with Crippen molar-refractivity contribution in [1.82, 2.24) is 5.32 Å². The van der Waals surface area contributed by atoms with Gasteiger partial charge in [-0.1, -0.05) is 11.6 Å². The van der Waals surface area contributed by atoms with E-state index in [9.17, 15) is 0 Å². The molecule has 2 nitrogen and oxygen atoms in total. The molecule has 1 aromatic carbocycles. The van der Waals surface area contributed by atoms with Gasteiger partial charge in [0.25, 0.3) is 0 Å². The monoisotopic (exact) mass is 225 g/mol. The van der Waals surface area contributed by atoms with Gasteiger partial charge in [-0.05, 0) is 31.0 Å². The molecule has 0 atom stereocenters. The maximum Gasteiger partial charge on any atom is 0.123 e. The Labute approximate surface area is 95.6 Å². The van der Waals surface area contributed by atoms with E-state index in [-0.39, 0.29) is 0 Å². The van der Waals surface area contributed by atoms with Crippen LogP contribution >= 0.6 is 11.6 Å². The number of methoxy groups -OCH3 is 1. The van der Waals surface area contributed by atoms with Gasteiger partial charge in [0, 0.05) is 29.6 Å². The highest BCUT2D eigenvalue weighted by molar-refractivity contribution is 6.32. The van der Waals surface area contributed by atoms with Gasteiger partial charge in [-0.15, -0.1) is 0 Å². The van der Waals surface area contributed by atoms with Crippen molar-refractivity contribution in [1.29, 1.82) is 0 Å². The van der Waals surface area contributed by atoms with Gasteiger partial charge in [0.2, 0.25) is 0 Å². The van der Waals surface area contributed by atoms with E-state index in [4.69, 9.17) is 16.3 Å². The zero-order valence-electron chi connectivity index (χ0n) is 9.36. The van der Waals surface area contributed by atoms with E-state index in [1.807, 2.05) is 13.0 Å². The van der Waals surface area contributed by atoms with Crippen molar-refractivity contribution in [3.8, 4) is 5.75 Å². The fraction of sp³-hybridized carbons (Fsp3) is 0.500. The molecule has 1 aliphatic heterocycles. The fourth-order valence-corrected chi connectivity index (χ4v) is 2.26. The summed E-state index contributed by atoms with van der Waals surface area (Å²) >= 11 is 6.26. The van der Waals surface area contributed by atoms with Gasteiger partial charge in [-0.2, -0.15) is 0 Å². The van der Waals surface area contributed by atoms with Crippen LogP contribution < -0.4 is 10.1 Å². The molecule has 0 bridgehead atoms. The van der Waals surface area contributed by atoms with Gasteiger partial charge in [0.05, 0.1) is 7.11 Å². The summed E-state index contributed by atoms with van der Waals surface area (Å²) in [6.45, 7) is 6.14. The Kier molecular flexibility index (Phi) is 2.89. The number of halogens is 1. The first-order chi connectivity index (χ1) is 7.15. The lowest BCUT2D eigenvalue weighted by molar-refractivity contribution is 0.384. The van der Waals surface area contributed by atoms with Gasteiger partial charge in [-0.25, -0.2) is 0 Å². The standard InChI is InChI=1S/C12H16ClNO/c1-7-4-10(15-3)11(8(2)12(7)13)9-5-14-6-9/h4,9,14H,5-6H2,1-3H3. The molecule has 15 heavy (non-hydrogen) atoms. The number of hydrogen-bond acceptors (Lipinski definition) is 2. The molecule has 1 fully saturated rings. The number of benzene rings is 1. The van der Waals surface area contributed by atoms with Crippen LogP contribution in [0.5, 0.6) is 5.75 Å². The number of hydrogen-bond donors (Lipinski definition) is 1. The molecule has 1 N–H and O–H groups in total. The van der Waals surface area contributed by atoms with Crippen LogP contribution in [-0.4, -0.2) is 20.2 Å². The number of ether oxygens (including phenoxy) is 1. The van der Waals surface area contributed by atoms with E-state index < -0.39 is 0 Å². The fourth-order valence-electron chi connectivity index (χ4n) is 2.11. The first-order valence-electron chi connectivity index (χ1n) is 5.19. The van der Waals surface area contributed by atoms with E-state index in [1.165, 1.54) is 11.1 Å². The molecule has 2 rings (SSSR count). The Hall–Kier alpha value is -0.730. The second kappa shape index (κ2) is 4.03. The molecule has 0 amide bonds. The van der Waals surface area contributed by atoms with Crippen molar-refractivity contribution < 1.29 is 4.74 Å². The molecule has 1 saturated heterocycles. The van der Waals surface area contributed by atoms with Gasteiger partial charge in [0.1, 0.15) is 5.75 Å². The van der Waals surface area contributed by atoms with Crippen LogP contribution in [0, 0.1) is 13.8 Å². The molecule has 1 aliphatic rings. The molecule has 0 saturated carbocycles. The normalized spacial score (nSPS) is 16.3. The predicted molar refractivity (Wildman–Crippen MR) is 63.1 cm³/mol. The topological polar surface area (TPSA) is 21.3 Å². The van der Waals surface area contributed by atoms with Crippen molar-refractivity contribution in [2.24, 2.45) is 0 Å². The minimum atomic E-state index is 0.554. The maximum absolute atomic E-state index is 6.26. The van der Waals surface area contributed by atoms with Crippen LogP contribution in [0.2, 0.25) is 5.02 Å². The molecular formula is C12H16ClNO. The third-order valence-corrected chi connectivity index (χ3v) is 3.68. The third-order valence-electron chi connectivity index (χ3n) is 3.10. The zero-order chi connectivity index (χ0) is 11.0. The predicted octanol–water partition coefficient (Wildman–Crippen LogP) is 2.65. The summed E-state index contributed by atoms with van der Waals surface area (Å²) in [7, 11) is 1.72. The number of rotatable bonds is 2. The maximum atomic E-state index is 6.26. The van der Waals surface area contributed by atoms with Gasteiger partial charge in [0.15, 0.2) is 0 Å². The largest absolute Gasteiger partial charge is 0.496 e. The molecule has 0 radical (unpaired) electrons. The Balaban J connectivity index is 2.53. The Morgan fingerprint density at radius 3 is 2.53 bits per heavy atom. The molecule has 0 aliphatic carbocycles. The lowest BCUT2D eigenvalue weighted by Gasteiger charge is -2.30. The molecule has 0 unspecified atom stereocenters. The highest BCUT2D eigenvalue weighted by Crippen LogP contribution is 2.37. The average molecular weight is 226 g/mol. The van der Waals surface area contributed by atoms with E-state index in [0.29, 0.717) is 5.92 Å². The number of aryl methyl sites for hydroxylation is 1. The number of nitrogens with one attached hydrogen (secondary N) is 1. The van der Waals surface area contributed by atoms with E-state index in [0.717, 1.165) is 29.4 Å². The second-order valence-electron chi connectivity index (χ2n) is 4.10. The Morgan fingerprint density at radius 2 is 2.07 bits per heavy atom. The summed E-state index contributed by atoms with van der Waals surface area (Å²) in [4.78, 5) is 0. The van der Waals surface area contributed by atoms with Crippen molar-refractivity contribution in [3.05, 3.63) is 27.8 Å². The lowest BCUT2D eigenvalue weighted by atomic mass is 9.88. The highest BCUT2D eigenvalue weighted by atomic mass is 35.5.